The minimum atomic E-state index is 0.186. The lowest BCUT2D eigenvalue weighted by Gasteiger charge is -2.34. The minimum Gasteiger partial charge on any atom is -0.340 e. The molecule has 4 nitrogen and oxygen atoms in total. The maximum Gasteiger partial charge on any atom is 0.236 e. The van der Waals surface area contributed by atoms with Crippen molar-refractivity contribution in [2.75, 3.05) is 39.3 Å². The van der Waals surface area contributed by atoms with Crippen LogP contribution >= 0.6 is 0 Å². The van der Waals surface area contributed by atoms with E-state index in [0.29, 0.717) is 18.4 Å². The third-order valence-corrected chi connectivity index (χ3v) is 3.68. The van der Waals surface area contributed by atoms with Gasteiger partial charge in [0, 0.05) is 25.2 Å². The Bertz CT molecular complexity index is 297. The number of carbonyl (C=O) groups excluding carboxylic acids is 1. The van der Waals surface area contributed by atoms with E-state index in [0.717, 1.165) is 45.6 Å². The number of carbonyl (C=O) groups is 1. The van der Waals surface area contributed by atoms with Crippen LogP contribution in [-0.2, 0) is 4.79 Å². The highest BCUT2D eigenvalue weighted by Crippen LogP contribution is 2.08. The summed E-state index contributed by atoms with van der Waals surface area (Å²) in [4.78, 5) is 16.4. The number of nitrogens with one attached hydrogen (secondary N) is 1. The molecule has 0 aromatic rings. The maximum absolute atomic E-state index is 12.1. The van der Waals surface area contributed by atoms with E-state index in [9.17, 15) is 4.79 Å². The summed E-state index contributed by atoms with van der Waals surface area (Å²) in [6.07, 6.45) is 2.22. The second kappa shape index (κ2) is 7.99. The van der Waals surface area contributed by atoms with Crippen molar-refractivity contribution in [1.82, 2.24) is 15.1 Å². The molecule has 0 atom stereocenters. The predicted octanol–water partition coefficient (Wildman–Crippen LogP) is 1.95. The predicted molar refractivity (Wildman–Crippen MR) is 84.8 cm³/mol. The number of rotatable bonds is 7. The molecule has 1 aliphatic heterocycles. The first kappa shape index (κ1) is 17.4. The minimum absolute atomic E-state index is 0.186. The van der Waals surface area contributed by atoms with Crippen molar-refractivity contribution in [3.8, 4) is 0 Å². The molecule has 118 valence electrons. The molecule has 1 amide bonds. The largest absolute Gasteiger partial charge is 0.340 e. The molecule has 0 unspecified atom stereocenters. The highest BCUT2D eigenvalue weighted by atomic mass is 16.2. The SMILES string of the molecule is CC(C)CCN1CCN(CCCNC(C)(C)C)CC1=O. The van der Waals surface area contributed by atoms with Crippen LogP contribution < -0.4 is 5.32 Å². The third-order valence-electron chi connectivity index (χ3n) is 3.68. The Balaban J connectivity index is 2.18. The molecule has 1 rings (SSSR count). The second-order valence-electron chi connectivity index (χ2n) is 7.37. The Labute approximate surface area is 124 Å². The fourth-order valence-electron chi connectivity index (χ4n) is 2.36. The molecular weight excluding hydrogens is 250 g/mol. The molecule has 1 fully saturated rings. The zero-order chi connectivity index (χ0) is 15.2. The van der Waals surface area contributed by atoms with E-state index < -0.39 is 0 Å². The number of amides is 1. The molecule has 1 N–H and O–H groups in total. The van der Waals surface area contributed by atoms with Crippen LogP contribution in [0.5, 0.6) is 0 Å². The first-order chi connectivity index (χ1) is 9.28. The lowest BCUT2D eigenvalue weighted by molar-refractivity contribution is -0.136. The van der Waals surface area contributed by atoms with E-state index in [1.54, 1.807) is 0 Å². The van der Waals surface area contributed by atoms with Crippen LogP contribution in [0.2, 0.25) is 0 Å². The number of piperazine rings is 1. The van der Waals surface area contributed by atoms with Crippen LogP contribution in [0.1, 0.15) is 47.5 Å². The fraction of sp³-hybridized carbons (Fsp3) is 0.938. The molecule has 0 aromatic carbocycles. The number of hydrogen-bond donors (Lipinski definition) is 1. The van der Waals surface area contributed by atoms with Crippen molar-refractivity contribution in [1.29, 1.82) is 0 Å². The average molecular weight is 283 g/mol. The summed E-state index contributed by atoms with van der Waals surface area (Å²) in [5.41, 5.74) is 0.186. The summed E-state index contributed by atoms with van der Waals surface area (Å²) in [6, 6.07) is 0. The van der Waals surface area contributed by atoms with E-state index in [4.69, 9.17) is 0 Å². The highest BCUT2D eigenvalue weighted by molar-refractivity contribution is 5.79. The third kappa shape index (κ3) is 7.25. The van der Waals surface area contributed by atoms with Crippen molar-refractivity contribution >= 4 is 5.91 Å². The van der Waals surface area contributed by atoms with Gasteiger partial charge in [-0.15, -0.1) is 0 Å². The molecule has 0 aromatic heterocycles. The van der Waals surface area contributed by atoms with Gasteiger partial charge in [0.05, 0.1) is 6.54 Å². The van der Waals surface area contributed by atoms with Gasteiger partial charge in [-0.25, -0.2) is 0 Å². The highest BCUT2D eigenvalue weighted by Gasteiger charge is 2.23. The zero-order valence-electron chi connectivity index (χ0n) is 14.0. The fourth-order valence-corrected chi connectivity index (χ4v) is 2.36. The topological polar surface area (TPSA) is 35.6 Å². The Morgan fingerprint density at radius 1 is 1.20 bits per heavy atom. The van der Waals surface area contributed by atoms with Gasteiger partial charge in [0.2, 0.25) is 5.91 Å². The smallest absolute Gasteiger partial charge is 0.236 e. The van der Waals surface area contributed by atoms with Gasteiger partial charge in [0.15, 0.2) is 0 Å². The molecule has 1 aliphatic rings. The van der Waals surface area contributed by atoms with Gasteiger partial charge in [-0.3, -0.25) is 9.69 Å². The molecule has 20 heavy (non-hydrogen) atoms. The van der Waals surface area contributed by atoms with E-state index in [2.05, 4.69) is 44.8 Å². The van der Waals surface area contributed by atoms with Gasteiger partial charge >= 0.3 is 0 Å². The summed E-state index contributed by atoms with van der Waals surface area (Å²) in [5.74, 6) is 0.977. The van der Waals surface area contributed by atoms with Gasteiger partial charge in [0.25, 0.3) is 0 Å². The van der Waals surface area contributed by atoms with Crippen molar-refractivity contribution < 1.29 is 4.79 Å². The van der Waals surface area contributed by atoms with Crippen molar-refractivity contribution in [3.63, 3.8) is 0 Å². The summed E-state index contributed by atoms with van der Waals surface area (Å²) in [7, 11) is 0. The quantitative estimate of drug-likeness (QED) is 0.726. The number of nitrogens with zero attached hydrogens (tertiary/aromatic N) is 2. The van der Waals surface area contributed by atoms with Gasteiger partial charge in [0.1, 0.15) is 0 Å². The van der Waals surface area contributed by atoms with E-state index in [1.807, 2.05) is 4.90 Å². The Hall–Kier alpha value is -0.610. The molecule has 1 saturated heterocycles. The summed E-state index contributed by atoms with van der Waals surface area (Å²) >= 11 is 0. The molecular formula is C16H33N3O. The van der Waals surface area contributed by atoms with Gasteiger partial charge in [-0.1, -0.05) is 13.8 Å². The van der Waals surface area contributed by atoms with E-state index in [1.165, 1.54) is 0 Å². The van der Waals surface area contributed by atoms with Gasteiger partial charge < -0.3 is 10.2 Å². The standard InChI is InChI=1S/C16H33N3O/c1-14(2)7-10-19-12-11-18(13-15(19)20)9-6-8-17-16(3,4)5/h14,17H,6-13H2,1-5H3. The van der Waals surface area contributed by atoms with Gasteiger partial charge in [-0.05, 0) is 52.6 Å². The molecule has 4 heteroatoms. The molecule has 0 radical (unpaired) electrons. The summed E-state index contributed by atoms with van der Waals surface area (Å²) in [5, 5.41) is 3.49. The maximum atomic E-state index is 12.1. The molecule has 0 saturated carbocycles. The molecule has 0 aliphatic carbocycles. The van der Waals surface area contributed by atoms with Crippen LogP contribution in [-0.4, -0.2) is 60.5 Å². The Morgan fingerprint density at radius 3 is 2.45 bits per heavy atom. The first-order valence-electron chi connectivity index (χ1n) is 8.03. The average Bonchev–Trinajstić information content (AvgIpc) is 2.32. The van der Waals surface area contributed by atoms with Crippen LogP contribution in [0.3, 0.4) is 0 Å². The van der Waals surface area contributed by atoms with Crippen molar-refractivity contribution in [2.24, 2.45) is 5.92 Å². The summed E-state index contributed by atoms with van der Waals surface area (Å²) in [6.45, 7) is 16.5. The van der Waals surface area contributed by atoms with Crippen LogP contribution in [0.15, 0.2) is 0 Å². The van der Waals surface area contributed by atoms with E-state index >= 15 is 0 Å². The summed E-state index contributed by atoms with van der Waals surface area (Å²) < 4.78 is 0. The zero-order valence-corrected chi connectivity index (χ0v) is 14.0. The van der Waals surface area contributed by atoms with Gasteiger partial charge in [-0.2, -0.15) is 0 Å². The van der Waals surface area contributed by atoms with Crippen molar-refractivity contribution in [3.05, 3.63) is 0 Å². The molecule has 1 heterocycles. The van der Waals surface area contributed by atoms with Crippen LogP contribution in [0.25, 0.3) is 0 Å². The van der Waals surface area contributed by atoms with Crippen LogP contribution in [0, 0.1) is 5.92 Å². The molecule has 0 bridgehead atoms. The van der Waals surface area contributed by atoms with Crippen LogP contribution in [0.4, 0.5) is 0 Å². The number of hydrogen-bond acceptors (Lipinski definition) is 3. The molecule has 0 spiro atoms. The second-order valence-corrected chi connectivity index (χ2v) is 7.37. The normalized spacial score (nSPS) is 18.1. The Morgan fingerprint density at radius 2 is 1.90 bits per heavy atom. The lowest BCUT2D eigenvalue weighted by atomic mass is 10.1. The van der Waals surface area contributed by atoms with E-state index in [-0.39, 0.29) is 5.54 Å². The van der Waals surface area contributed by atoms with Crippen molar-refractivity contribution in [2.45, 2.75) is 53.0 Å². The monoisotopic (exact) mass is 283 g/mol. The first-order valence-corrected chi connectivity index (χ1v) is 8.03. The lowest BCUT2D eigenvalue weighted by Crippen LogP contribution is -2.51. The Kier molecular flexibility index (Phi) is 6.96.